The molecule has 3 rings (SSSR count). The van der Waals surface area contributed by atoms with Gasteiger partial charge in [0, 0.05) is 37.1 Å². The standard InChI is InChI=1S/C40H50N12O15/c1-18(53)27(15-31(60)61)50-36(64)21(14-30(58)59)12-28(55)25(3-2-10-44-39(41)42)48-35(63)20(13-29(56)57)11-24(54)8-9-26(38(66)67)49-34(62)19-4-6-22(7-5-19)45-16-23-17-46-33-32(47-23)37(65)52-40(43)51-33/h4-7,17,20-21,25-27,45H,2-3,8-16H2,1H3,(H,48,63)(H,49,62)(H,50,64)(H,56,57)(H,58,59)(H,60,61)(H,66,67)(H4,41,42,44)(H3,43,46,51,52,65)/t20-,21-,25-,26-,27-/m0/s1. The Labute approximate surface area is 378 Å². The highest BCUT2D eigenvalue weighted by atomic mass is 16.4. The lowest BCUT2D eigenvalue weighted by molar-refractivity contribution is -0.144. The van der Waals surface area contributed by atoms with Crippen molar-refractivity contribution in [2.24, 2.45) is 28.3 Å². The van der Waals surface area contributed by atoms with Gasteiger partial charge >= 0.3 is 23.9 Å². The number of carbonyl (C=O) groups excluding carboxylic acids is 6. The molecule has 0 radical (unpaired) electrons. The Morgan fingerprint density at radius 2 is 1.34 bits per heavy atom. The zero-order valence-corrected chi connectivity index (χ0v) is 35.9. The predicted molar refractivity (Wildman–Crippen MR) is 232 cm³/mol. The number of nitrogens with two attached hydrogens (primary N) is 3. The normalized spacial score (nSPS) is 13.1. The number of rotatable bonds is 29. The molecule has 67 heavy (non-hydrogen) atoms. The van der Waals surface area contributed by atoms with Crippen molar-refractivity contribution in [1.29, 1.82) is 0 Å². The minimum Gasteiger partial charge on any atom is -0.481 e. The topological polar surface area (TPSA) is 462 Å². The first kappa shape index (κ1) is 53.0. The monoisotopic (exact) mass is 938 g/mol. The molecule has 0 aliphatic rings. The number of fused-ring (bicyclic) bond motifs is 1. The van der Waals surface area contributed by atoms with Gasteiger partial charge in [0.15, 0.2) is 28.7 Å². The molecule has 0 aliphatic heterocycles. The van der Waals surface area contributed by atoms with E-state index in [9.17, 15) is 68.1 Å². The number of Topliss-reactive ketones (excluding diaryl/α,β-unsaturated/α-hetero) is 3. The maximum atomic E-state index is 13.6. The molecule has 27 nitrogen and oxygen atoms in total. The zero-order valence-electron chi connectivity index (χ0n) is 35.9. The number of nitrogens with one attached hydrogen (secondary N) is 5. The van der Waals surface area contributed by atoms with Crippen molar-refractivity contribution in [1.82, 2.24) is 35.9 Å². The minimum absolute atomic E-state index is 0.0160. The highest BCUT2D eigenvalue weighted by molar-refractivity contribution is 5.98. The fourth-order valence-corrected chi connectivity index (χ4v) is 6.36. The summed E-state index contributed by atoms with van der Waals surface area (Å²) in [5.74, 6) is -15.3. The Morgan fingerprint density at radius 1 is 0.746 bits per heavy atom. The van der Waals surface area contributed by atoms with Gasteiger partial charge in [-0.15, -0.1) is 0 Å². The average Bonchev–Trinajstić information content (AvgIpc) is 3.23. The number of H-pyrrole nitrogens is 1. The number of hydrogen-bond acceptors (Lipinski definition) is 17. The zero-order chi connectivity index (χ0) is 50.0. The van der Waals surface area contributed by atoms with E-state index in [1.54, 1.807) is 0 Å². The van der Waals surface area contributed by atoms with E-state index in [1.165, 1.54) is 30.5 Å². The highest BCUT2D eigenvalue weighted by Crippen LogP contribution is 2.19. The highest BCUT2D eigenvalue weighted by Gasteiger charge is 2.34. The Morgan fingerprint density at radius 3 is 1.91 bits per heavy atom. The molecule has 15 N–H and O–H groups in total. The number of aromatic amines is 1. The summed E-state index contributed by atoms with van der Waals surface area (Å²) in [6.07, 6.45) is -4.18. The Kier molecular flexibility index (Phi) is 19.9. The number of anilines is 2. The van der Waals surface area contributed by atoms with Crippen LogP contribution >= 0.6 is 0 Å². The fourth-order valence-electron chi connectivity index (χ4n) is 6.36. The van der Waals surface area contributed by atoms with Crippen LogP contribution in [-0.2, 0) is 49.7 Å². The summed E-state index contributed by atoms with van der Waals surface area (Å²) in [7, 11) is 0. The number of amides is 3. The molecule has 2 aromatic heterocycles. The van der Waals surface area contributed by atoms with Crippen LogP contribution in [0.25, 0.3) is 11.2 Å². The van der Waals surface area contributed by atoms with Crippen LogP contribution in [0, 0.1) is 11.8 Å². The van der Waals surface area contributed by atoms with E-state index in [4.69, 9.17) is 22.3 Å². The first-order valence-corrected chi connectivity index (χ1v) is 20.3. The number of nitrogens with zero attached hydrogens (tertiary/aromatic N) is 4. The lowest BCUT2D eigenvalue weighted by atomic mass is 9.91. The molecule has 5 atom stereocenters. The van der Waals surface area contributed by atoms with Crippen LogP contribution in [0.5, 0.6) is 0 Å². The first-order chi connectivity index (χ1) is 31.5. The van der Waals surface area contributed by atoms with Crippen LogP contribution in [0.4, 0.5) is 11.6 Å². The number of carbonyl (C=O) groups is 10. The summed E-state index contributed by atoms with van der Waals surface area (Å²) in [4.78, 5) is 156. The smallest absolute Gasteiger partial charge is 0.326 e. The molecular weight excluding hydrogens is 889 g/mol. The molecule has 0 unspecified atom stereocenters. The molecule has 0 saturated carbocycles. The molecule has 0 fully saturated rings. The van der Waals surface area contributed by atoms with E-state index >= 15 is 0 Å². The maximum absolute atomic E-state index is 13.6. The van der Waals surface area contributed by atoms with Gasteiger partial charge < -0.3 is 58.9 Å². The predicted octanol–water partition coefficient (Wildman–Crippen LogP) is -1.94. The van der Waals surface area contributed by atoms with Crippen LogP contribution < -0.4 is 44.0 Å². The van der Waals surface area contributed by atoms with Gasteiger partial charge in [0.2, 0.25) is 17.8 Å². The number of aliphatic carboxylic acids is 4. The number of hydrogen-bond donors (Lipinski definition) is 12. The van der Waals surface area contributed by atoms with Crippen molar-refractivity contribution in [3.8, 4) is 0 Å². The largest absolute Gasteiger partial charge is 0.481 e. The van der Waals surface area contributed by atoms with E-state index < -0.39 is 139 Å². The van der Waals surface area contributed by atoms with E-state index in [-0.39, 0.29) is 54.6 Å². The van der Waals surface area contributed by atoms with Gasteiger partial charge in [-0.1, -0.05) is 0 Å². The number of guanidine groups is 1. The molecule has 3 amide bonds. The second-order valence-corrected chi connectivity index (χ2v) is 15.1. The summed E-state index contributed by atoms with van der Waals surface area (Å²) >= 11 is 0. The lowest BCUT2D eigenvalue weighted by Crippen LogP contribution is -2.48. The Balaban J connectivity index is 1.67. The van der Waals surface area contributed by atoms with Crippen molar-refractivity contribution in [3.63, 3.8) is 0 Å². The van der Waals surface area contributed by atoms with Gasteiger partial charge in [0.25, 0.3) is 11.5 Å². The van der Waals surface area contributed by atoms with Gasteiger partial charge in [-0.05, 0) is 50.5 Å². The van der Waals surface area contributed by atoms with Crippen LogP contribution in [0.2, 0.25) is 0 Å². The van der Waals surface area contributed by atoms with E-state index in [0.717, 1.165) is 6.92 Å². The van der Waals surface area contributed by atoms with E-state index in [2.05, 4.69) is 46.2 Å². The van der Waals surface area contributed by atoms with Crippen molar-refractivity contribution in [2.75, 3.05) is 17.6 Å². The third kappa shape index (κ3) is 18.0. The summed E-state index contributed by atoms with van der Waals surface area (Å²) in [5.41, 5.74) is 16.6. The van der Waals surface area contributed by atoms with Crippen molar-refractivity contribution >= 4 is 87.7 Å². The van der Waals surface area contributed by atoms with Crippen LogP contribution in [0.3, 0.4) is 0 Å². The third-order valence-electron chi connectivity index (χ3n) is 9.76. The van der Waals surface area contributed by atoms with Crippen molar-refractivity contribution < 1.29 is 68.4 Å². The molecule has 3 aromatic rings. The molecule has 27 heteroatoms. The second kappa shape index (κ2) is 25.2. The quantitative estimate of drug-likeness (QED) is 0.0205. The number of benzene rings is 1. The van der Waals surface area contributed by atoms with Gasteiger partial charge in [-0.3, -0.25) is 57.9 Å². The SMILES string of the molecule is CC(=O)[C@H](CC(=O)O)NC(=O)[C@H](CC(=O)O)CC(=O)[C@H](CCCN=C(N)N)NC(=O)[C@H](CC(=O)O)CC(=O)CC[C@H](NC(=O)c1ccc(NCc2cnc3nc(N)[nH]c(=O)c3n2)cc1)C(=O)O. The molecule has 360 valence electrons. The molecule has 0 saturated heterocycles. The molecule has 1 aromatic carbocycles. The minimum atomic E-state index is -1.66. The van der Waals surface area contributed by atoms with E-state index in [0.29, 0.717) is 11.4 Å². The summed E-state index contributed by atoms with van der Waals surface area (Å²) in [6.45, 7) is 1.03. The number of carboxylic acid groups (broad SMARTS) is 4. The number of aromatic nitrogens is 4. The van der Waals surface area contributed by atoms with Crippen molar-refractivity contribution in [3.05, 3.63) is 52.1 Å². The summed E-state index contributed by atoms with van der Waals surface area (Å²) in [6, 6.07) is 1.09. The average molecular weight is 939 g/mol. The van der Waals surface area contributed by atoms with Gasteiger partial charge in [-0.25, -0.2) is 14.8 Å². The summed E-state index contributed by atoms with van der Waals surface area (Å²) in [5, 5.41) is 47.8. The van der Waals surface area contributed by atoms with Gasteiger partial charge in [-0.2, -0.15) is 4.98 Å². The number of aliphatic imine (C=N–C) groups is 1. The van der Waals surface area contributed by atoms with Gasteiger partial charge in [0.1, 0.15) is 11.8 Å². The number of carboxylic acids is 4. The first-order valence-electron chi connectivity index (χ1n) is 20.3. The van der Waals surface area contributed by atoms with Crippen LogP contribution in [0.1, 0.15) is 80.8 Å². The molecule has 0 bridgehead atoms. The van der Waals surface area contributed by atoms with Gasteiger partial charge in [0.05, 0.1) is 61.6 Å². The van der Waals surface area contributed by atoms with E-state index in [1.807, 2.05) is 0 Å². The second-order valence-electron chi connectivity index (χ2n) is 15.1. The third-order valence-corrected chi connectivity index (χ3v) is 9.76. The molecule has 0 aliphatic carbocycles. The van der Waals surface area contributed by atoms with Crippen molar-refractivity contribution in [2.45, 2.75) is 89.4 Å². The number of nitrogen functional groups attached to an aromatic ring is 1. The lowest BCUT2D eigenvalue weighted by Gasteiger charge is -2.24. The molecular formula is C40H50N12O15. The Hall–Kier alpha value is -8.39. The maximum Gasteiger partial charge on any atom is 0.326 e. The number of ketones is 3. The fraction of sp³-hybridized carbons (Fsp3) is 0.425. The van der Waals surface area contributed by atoms with Crippen LogP contribution in [-0.4, -0.2) is 130 Å². The molecule has 0 spiro atoms. The molecule has 2 heterocycles. The summed E-state index contributed by atoms with van der Waals surface area (Å²) < 4.78 is 0. The Bertz CT molecular complexity index is 2450. The van der Waals surface area contributed by atoms with Crippen LogP contribution in [0.15, 0.2) is 40.2 Å².